The molecule has 0 aromatic rings. The molecule has 0 unspecified atom stereocenters. The molecule has 0 saturated heterocycles. The highest BCUT2D eigenvalue weighted by atomic mass is 16.6. The average molecular weight is 210 g/mol. The number of hydrogen-bond acceptors (Lipinski definition) is 2. The van der Waals surface area contributed by atoms with Crippen molar-refractivity contribution in [2.24, 2.45) is 17.8 Å². The Bertz CT molecular complexity index is 252. The molecule has 3 atom stereocenters. The van der Waals surface area contributed by atoms with Crippen molar-refractivity contribution in [1.29, 1.82) is 0 Å². The minimum Gasteiger partial charge on any atom is -0.460 e. The van der Waals surface area contributed by atoms with Gasteiger partial charge in [-0.1, -0.05) is 6.42 Å². The predicted octanol–water partition coefficient (Wildman–Crippen LogP) is 3.15. The van der Waals surface area contributed by atoms with Crippen LogP contribution in [-0.2, 0) is 9.53 Å². The van der Waals surface area contributed by atoms with Crippen molar-refractivity contribution in [3.8, 4) is 0 Å². The average Bonchev–Trinajstić information content (AvgIpc) is 2.60. The maximum absolute atomic E-state index is 11.7. The maximum Gasteiger partial charge on any atom is 0.306 e. The fourth-order valence-electron chi connectivity index (χ4n) is 3.22. The molecule has 86 valence electrons. The van der Waals surface area contributed by atoms with Gasteiger partial charge in [-0.15, -0.1) is 0 Å². The van der Waals surface area contributed by atoms with E-state index < -0.39 is 0 Å². The van der Waals surface area contributed by atoms with Crippen LogP contribution in [0.25, 0.3) is 0 Å². The first kappa shape index (κ1) is 11.0. The zero-order chi connectivity index (χ0) is 11.1. The summed E-state index contributed by atoms with van der Waals surface area (Å²) in [7, 11) is 0. The van der Waals surface area contributed by atoms with Crippen LogP contribution in [0, 0.1) is 17.8 Å². The summed E-state index contributed by atoms with van der Waals surface area (Å²) in [6.07, 6.45) is 6.03. The first-order valence-corrected chi connectivity index (χ1v) is 6.16. The number of hydrogen-bond donors (Lipinski definition) is 0. The molecule has 0 aliphatic heterocycles. The van der Waals surface area contributed by atoms with Gasteiger partial charge in [0.15, 0.2) is 0 Å². The summed E-state index contributed by atoms with van der Waals surface area (Å²) in [6, 6.07) is 0. The van der Waals surface area contributed by atoms with E-state index in [-0.39, 0.29) is 11.6 Å². The van der Waals surface area contributed by atoms with E-state index in [9.17, 15) is 4.79 Å². The summed E-state index contributed by atoms with van der Waals surface area (Å²) in [6.45, 7) is 5.81. The monoisotopic (exact) mass is 210 g/mol. The number of fused-ring (bicyclic) bond motifs is 2. The molecule has 2 aliphatic rings. The lowest BCUT2D eigenvalue weighted by atomic mass is 9.86. The van der Waals surface area contributed by atoms with Crippen LogP contribution >= 0.6 is 0 Å². The van der Waals surface area contributed by atoms with E-state index in [0.717, 1.165) is 11.8 Å². The van der Waals surface area contributed by atoms with Crippen LogP contribution < -0.4 is 0 Å². The third-order valence-electron chi connectivity index (χ3n) is 3.73. The third-order valence-corrected chi connectivity index (χ3v) is 3.73. The Kier molecular flexibility index (Phi) is 2.78. The number of ether oxygens (including phenoxy) is 1. The Labute approximate surface area is 92.4 Å². The smallest absolute Gasteiger partial charge is 0.306 e. The molecule has 0 aromatic carbocycles. The minimum atomic E-state index is -0.325. The second-order valence-corrected chi connectivity index (χ2v) is 6.23. The zero-order valence-corrected chi connectivity index (χ0v) is 10.1. The molecule has 0 heterocycles. The van der Waals surface area contributed by atoms with Gasteiger partial charge in [0.1, 0.15) is 5.60 Å². The van der Waals surface area contributed by atoms with Gasteiger partial charge in [-0.3, -0.25) is 4.79 Å². The number of carbonyl (C=O) groups is 1. The fourth-order valence-corrected chi connectivity index (χ4v) is 3.22. The highest BCUT2D eigenvalue weighted by Crippen LogP contribution is 2.49. The highest BCUT2D eigenvalue weighted by Gasteiger charge is 2.40. The van der Waals surface area contributed by atoms with Gasteiger partial charge in [-0.05, 0) is 57.8 Å². The van der Waals surface area contributed by atoms with E-state index in [1.165, 1.54) is 25.7 Å². The van der Waals surface area contributed by atoms with Gasteiger partial charge in [0.2, 0.25) is 0 Å². The molecule has 2 bridgehead atoms. The van der Waals surface area contributed by atoms with E-state index in [1.807, 2.05) is 20.8 Å². The predicted molar refractivity (Wildman–Crippen MR) is 59.4 cm³/mol. The SMILES string of the molecule is CC(C)(C)OC(=O)C[C@@H]1C[C@H]2CC[C@@H]1C2. The first-order valence-electron chi connectivity index (χ1n) is 6.16. The van der Waals surface area contributed by atoms with Gasteiger partial charge in [0.05, 0.1) is 0 Å². The molecule has 2 nitrogen and oxygen atoms in total. The van der Waals surface area contributed by atoms with Gasteiger partial charge in [0, 0.05) is 6.42 Å². The van der Waals surface area contributed by atoms with Crippen LogP contribution in [0.2, 0.25) is 0 Å². The molecule has 2 saturated carbocycles. The van der Waals surface area contributed by atoms with Crippen molar-refractivity contribution in [1.82, 2.24) is 0 Å². The minimum absolute atomic E-state index is 0.0000463. The maximum atomic E-state index is 11.7. The van der Waals surface area contributed by atoms with E-state index in [2.05, 4.69) is 0 Å². The zero-order valence-electron chi connectivity index (χ0n) is 10.1. The Morgan fingerprint density at radius 1 is 1.27 bits per heavy atom. The van der Waals surface area contributed by atoms with Crippen LogP contribution in [0.1, 0.15) is 52.9 Å². The molecular formula is C13H22O2. The lowest BCUT2D eigenvalue weighted by Crippen LogP contribution is -2.26. The molecule has 2 fully saturated rings. The van der Waals surface area contributed by atoms with Crippen molar-refractivity contribution < 1.29 is 9.53 Å². The van der Waals surface area contributed by atoms with Crippen LogP contribution in [-0.4, -0.2) is 11.6 Å². The van der Waals surface area contributed by atoms with E-state index in [1.54, 1.807) is 0 Å². The van der Waals surface area contributed by atoms with Gasteiger partial charge < -0.3 is 4.74 Å². The summed E-state index contributed by atoms with van der Waals surface area (Å²) in [5.74, 6) is 2.36. The van der Waals surface area contributed by atoms with Gasteiger partial charge in [-0.25, -0.2) is 0 Å². The molecule has 0 amide bonds. The van der Waals surface area contributed by atoms with E-state index in [4.69, 9.17) is 4.74 Å². The Hall–Kier alpha value is -0.530. The Morgan fingerprint density at radius 2 is 2.00 bits per heavy atom. The topological polar surface area (TPSA) is 26.3 Å². The van der Waals surface area contributed by atoms with Crippen molar-refractivity contribution in [2.75, 3.05) is 0 Å². The van der Waals surface area contributed by atoms with Crippen LogP contribution in [0.3, 0.4) is 0 Å². The summed E-state index contributed by atoms with van der Waals surface area (Å²) in [5, 5.41) is 0. The molecule has 2 aliphatic carbocycles. The summed E-state index contributed by atoms with van der Waals surface area (Å²) < 4.78 is 5.37. The van der Waals surface area contributed by atoms with Crippen LogP contribution in [0.15, 0.2) is 0 Å². The summed E-state index contributed by atoms with van der Waals surface area (Å²) in [4.78, 5) is 11.7. The van der Waals surface area contributed by atoms with Crippen molar-refractivity contribution in [3.63, 3.8) is 0 Å². The van der Waals surface area contributed by atoms with E-state index in [0.29, 0.717) is 12.3 Å². The van der Waals surface area contributed by atoms with Gasteiger partial charge >= 0.3 is 5.97 Å². The second kappa shape index (κ2) is 3.80. The fraction of sp³-hybridized carbons (Fsp3) is 0.923. The second-order valence-electron chi connectivity index (χ2n) is 6.23. The molecule has 0 spiro atoms. The summed E-state index contributed by atoms with van der Waals surface area (Å²) >= 11 is 0. The number of esters is 1. The molecular weight excluding hydrogens is 188 g/mol. The Balaban J connectivity index is 1.80. The largest absolute Gasteiger partial charge is 0.460 e. The van der Waals surface area contributed by atoms with Crippen LogP contribution in [0.4, 0.5) is 0 Å². The lowest BCUT2D eigenvalue weighted by Gasteiger charge is -2.24. The molecule has 0 radical (unpaired) electrons. The molecule has 0 aromatic heterocycles. The normalized spacial score (nSPS) is 34.5. The molecule has 2 heteroatoms. The highest BCUT2D eigenvalue weighted by molar-refractivity contribution is 5.70. The first-order chi connectivity index (χ1) is 6.94. The van der Waals surface area contributed by atoms with E-state index >= 15 is 0 Å². The van der Waals surface area contributed by atoms with Crippen molar-refractivity contribution >= 4 is 5.97 Å². The van der Waals surface area contributed by atoms with Gasteiger partial charge in [0.25, 0.3) is 0 Å². The number of rotatable bonds is 2. The summed E-state index contributed by atoms with van der Waals surface area (Å²) in [5.41, 5.74) is -0.325. The molecule has 0 N–H and O–H groups in total. The lowest BCUT2D eigenvalue weighted by molar-refractivity contribution is -0.156. The van der Waals surface area contributed by atoms with Crippen molar-refractivity contribution in [3.05, 3.63) is 0 Å². The molecule has 15 heavy (non-hydrogen) atoms. The van der Waals surface area contributed by atoms with Crippen molar-refractivity contribution in [2.45, 2.75) is 58.5 Å². The Morgan fingerprint density at radius 3 is 2.47 bits per heavy atom. The molecule has 2 rings (SSSR count). The third kappa shape index (κ3) is 2.73. The quantitative estimate of drug-likeness (QED) is 0.654. The van der Waals surface area contributed by atoms with Crippen LogP contribution in [0.5, 0.6) is 0 Å². The standard InChI is InChI=1S/C13H22O2/c1-13(2,3)15-12(14)8-11-7-9-4-5-10(11)6-9/h9-11H,4-8H2,1-3H3/t9-,10+,11-/m0/s1. The number of carbonyl (C=O) groups excluding carboxylic acids is 1. The van der Waals surface area contributed by atoms with Gasteiger partial charge in [-0.2, -0.15) is 0 Å².